The SMILES string of the molecule is CC(=O)NC[C@H]1CN(c2ccc(OCC3OC34CCN(c3nc5c(cc3F)c(=O)c(C(=O)O)cn5C3CC3)CC4)c(F)c2)C(=O)O1. The van der Waals surface area contributed by atoms with Crippen LogP contribution >= 0.6 is 0 Å². The number of carbonyl (C=O) groups excluding carboxylic acids is 2. The van der Waals surface area contributed by atoms with E-state index in [1.54, 1.807) is 15.5 Å². The van der Waals surface area contributed by atoms with Gasteiger partial charge < -0.3 is 34.1 Å². The molecule has 3 aliphatic heterocycles. The minimum atomic E-state index is -1.36. The molecule has 1 aromatic carbocycles. The number of piperidine rings is 1. The second-order valence-corrected chi connectivity index (χ2v) is 12.1. The summed E-state index contributed by atoms with van der Waals surface area (Å²) in [5.41, 5.74) is -1.09. The van der Waals surface area contributed by atoms with Gasteiger partial charge in [-0.2, -0.15) is 0 Å². The Balaban J connectivity index is 0.974. The Kier molecular flexibility index (Phi) is 7.30. The summed E-state index contributed by atoms with van der Waals surface area (Å²) in [4.78, 5) is 55.4. The Bertz CT molecular complexity index is 1820. The van der Waals surface area contributed by atoms with E-state index in [1.807, 2.05) is 0 Å². The second-order valence-electron chi connectivity index (χ2n) is 12.1. The number of rotatable bonds is 9. The average Bonchev–Trinajstić information content (AvgIpc) is 3.94. The van der Waals surface area contributed by atoms with Crippen molar-refractivity contribution in [2.24, 2.45) is 0 Å². The second kappa shape index (κ2) is 11.2. The molecule has 15 heteroatoms. The van der Waals surface area contributed by atoms with Gasteiger partial charge >= 0.3 is 12.1 Å². The van der Waals surface area contributed by atoms with Crippen LogP contribution in [0, 0.1) is 11.6 Å². The highest BCUT2D eigenvalue weighted by atomic mass is 19.1. The highest BCUT2D eigenvalue weighted by molar-refractivity contribution is 5.92. The number of aromatic nitrogens is 2. The number of amides is 2. The molecule has 1 saturated carbocycles. The third kappa shape index (κ3) is 5.48. The lowest BCUT2D eigenvalue weighted by atomic mass is 9.93. The van der Waals surface area contributed by atoms with Crippen LogP contribution in [-0.4, -0.2) is 83.2 Å². The first kappa shape index (κ1) is 29.9. The number of epoxide rings is 1. The highest BCUT2D eigenvalue weighted by Gasteiger charge is 2.58. The number of nitrogens with one attached hydrogen (secondary N) is 1. The molecule has 0 radical (unpaired) electrons. The maximum atomic E-state index is 15.3. The zero-order valence-electron chi connectivity index (χ0n) is 24.8. The van der Waals surface area contributed by atoms with Crippen LogP contribution in [0.2, 0.25) is 0 Å². The molecule has 3 saturated heterocycles. The molecule has 3 aromatic rings. The molecule has 0 bridgehead atoms. The number of carboxylic acid groups (broad SMARTS) is 1. The number of halogens is 2. The van der Waals surface area contributed by atoms with E-state index >= 15 is 4.39 Å². The Hall–Kier alpha value is -4.79. The van der Waals surface area contributed by atoms with Gasteiger partial charge in [0.25, 0.3) is 0 Å². The van der Waals surface area contributed by atoms with E-state index < -0.39 is 46.4 Å². The summed E-state index contributed by atoms with van der Waals surface area (Å²) in [7, 11) is 0. The summed E-state index contributed by atoms with van der Waals surface area (Å²) >= 11 is 0. The molecule has 2 N–H and O–H groups in total. The minimum absolute atomic E-state index is 0.00407. The lowest BCUT2D eigenvalue weighted by molar-refractivity contribution is -0.119. The van der Waals surface area contributed by atoms with Crippen LogP contribution in [0.5, 0.6) is 5.75 Å². The minimum Gasteiger partial charge on any atom is -0.488 e. The molecule has 46 heavy (non-hydrogen) atoms. The number of hydrogen-bond donors (Lipinski definition) is 2. The summed E-state index contributed by atoms with van der Waals surface area (Å²) in [6, 6.07) is 5.28. The predicted molar refractivity (Wildman–Crippen MR) is 158 cm³/mol. The fourth-order valence-electron chi connectivity index (χ4n) is 6.25. The van der Waals surface area contributed by atoms with Crippen molar-refractivity contribution in [3.8, 4) is 5.75 Å². The Morgan fingerprint density at radius 1 is 1.15 bits per heavy atom. The van der Waals surface area contributed by atoms with E-state index in [-0.39, 0.29) is 60.4 Å². The van der Waals surface area contributed by atoms with Crippen LogP contribution in [0.3, 0.4) is 0 Å². The average molecular weight is 640 g/mol. The van der Waals surface area contributed by atoms with Gasteiger partial charge in [0, 0.05) is 38.3 Å². The van der Waals surface area contributed by atoms with E-state index in [0.717, 1.165) is 18.9 Å². The van der Waals surface area contributed by atoms with Crippen LogP contribution in [0.1, 0.15) is 49.0 Å². The molecule has 2 atom stereocenters. The first-order valence-corrected chi connectivity index (χ1v) is 15.1. The van der Waals surface area contributed by atoms with Gasteiger partial charge in [-0.25, -0.2) is 23.4 Å². The van der Waals surface area contributed by atoms with Crippen molar-refractivity contribution in [3.05, 3.63) is 57.9 Å². The fraction of sp³-hybridized carbons (Fsp3) is 0.452. The smallest absolute Gasteiger partial charge is 0.414 e. The van der Waals surface area contributed by atoms with Gasteiger partial charge in [0.1, 0.15) is 35.6 Å². The number of nitrogens with zero attached hydrogens (tertiary/aromatic N) is 4. The summed E-state index contributed by atoms with van der Waals surface area (Å²) < 4.78 is 48.9. The van der Waals surface area contributed by atoms with E-state index in [1.165, 1.54) is 30.2 Å². The molecule has 1 aliphatic carbocycles. The molecule has 13 nitrogen and oxygen atoms in total. The van der Waals surface area contributed by atoms with Gasteiger partial charge in [-0.15, -0.1) is 0 Å². The van der Waals surface area contributed by atoms with Crippen LogP contribution in [0.25, 0.3) is 11.0 Å². The third-order valence-corrected chi connectivity index (χ3v) is 9.00. The van der Waals surface area contributed by atoms with E-state index in [0.29, 0.717) is 31.6 Å². The van der Waals surface area contributed by atoms with Crippen molar-refractivity contribution in [2.45, 2.75) is 56.5 Å². The predicted octanol–water partition coefficient (Wildman–Crippen LogP) is 2.99. The summed E-state index contributed by atoms with van der Waals surface area (Å²) in [5.74, 6) is -2.87. The van der Waals surface area contributed by atoms with Crippen LogP contribution < -0.4 is 25.3 Å². The van der Waals surface area contributed by atoms with Crippen molar-refractivity contribution in [1.29, 1.82) is 0 Å². The van der Waals surface area contributed by atoms with Gasteiger partial charge in [-0.3, -0.25) is 14.5 Å². The number of anilines is 2. The number of cyclic esters (lactones) is 1. The summed E-state index contributed by atoms with van der Waals surface area (Å²) in [5, 5.41) is 12.0. The molecule has 2 aromatic heterocycles. The first-order chi connectivity index (χ1) is 22.0. The molecular formula is C31H31F2N5O8. The zero-order chi connectivity index (χ0) is 32.3. The molecule has 7 rings (SSSR count). The quantitative estimate of drug-likeness (QED) is 0.334. The Labute approximate surface area is 260 Å². The number of fused-ring (bicyclic) bond motifs is 1. The summed E-state index contributed by atoms with van der Waals surface area (Å²) in [6.45, 7) is 2.63. The summed E-state index contributed by atoms with van der Waals surface area (Å²) in [6.07, 6.45) is 2.57. The molecule has 4 fully saturated rings. The van der Waals surface area contributed by atoms with Crippen molar-refractivity contribution in [2.75, 3.05) is 42.6 Å². The molecule has 1 spiro atoms. The van der Waals surface area contributed by atoms with Crippen LogP contribution in [0.15, 0.2) is 35.3 Å². The van der Waals surface area contributed by atoms with Crippen molar-refractivity contribution in [1.82, 2.24) is 14.9 Å². The van der Waals surface area contributed by atoms with Gasteiger partial charge in [0.15, 0.2) is 23.2 Å². The Morgan fingerprint density at radius 2 is 1.91 bits per heavy atom. The van der Waals surface area contributed by atoms with Crippen molar-refractivity contribution >= 4 is 40.5 Å². The van der Waals surface area contributed by atoms with E-state index in [9.17, 15) is 28.7 Å². The van der Waals surface area contributed by atoms with Crippen molar-refractivity contribution < 1.29 is 42.5 Å². The Morgan fingerprint density at radius 3 is 2.59 bits per heavy atom. The van der Waals surface area contributed by atoms with Crippen LogP contribution in [0.4, 0.5) is 25.1 Å². The third-order valence-electron chi connectivity index (χ3n) is 9.00. The lowest BCUT2D eigenvalue weighted by Gasteiger charge is -2.32. The van der Waals surface area contributed by atoms with E-state index in [2.05, 4.69) is 10.3 Å². The number of hydrogen-bond acceptors (Lipinski definition) is 9. The fourth-order valence-corrected chi connectivity index (χ4v) is 6.25. The number of benzene rings is 1. The highest BCUT2D eigenvalue weighted by Crippen LogP contribution is 2.46. The maximum absolute atomic E-state index is 15.3. The molecule has 242 valence electrons. The topological polar surface area (TPSA) is 156 Å². The van der Waals surface area contributed by atoms with Gasteiger partial charge in [0.2, 0.25) is 11.3 Å². The number of carboxylic acids is 1. The molecule has 5 heterocycles. The largest absolute Gasteiger partial charge is 0.488 e. The standard InChI is InChI=1S/C31H31F2N5O8/c1-16(39)34-12-19-13-38(30(43)45-19)18-4-5-24(22(32)10-18)44-15-25-31(46-25)6-8-36(9-7-31)28-23(33)11-20-26(40)21(29(41)42)14-37(17-2-3-17)27(20)35-28/h4-5,10-11,14,17,19,25H,2-3,6-9,12-13,15H2,1H3,(H,34,39)(H,41,42)/t19-,25?/m0/s1. The van der Waals surface area contributed by atoms with Crippen molar-refractivity contribution in [3.63, 3.8) is 0 Å². The normalized spacial score (nSPS) is 21.8. The number of ether oxygens (including phenoxy) is 3. The molecule has 1 unspecified atom stereocenters. The molecular weight excluding hydrogens is 608 g/mol. The van der Waals surface area contributed by atoms with Gasteiger partial charge in [-0.05, 0) is 43.9 Å². The first-order valence-electron chi connectivity index (χ1n) is 15.1. The maximum Gasteiger partial charge on any atom is 0.414 e. The number of pyridine rings is 2. The monoisotopic (exact) mass is 639 g/mol. The van der Waals surface area contributed by atoms with Gasteiger partial charge in [-0.1, -0.05) is 0 Å². The zero-order valence-corrected chi connectivity index (χ0v) is 24.8. The number of carbonyl (C=O) groups is 3. The lowest BCUT2D eigenvalue weighted by Crippen LogP contribution is -2.40. The molecule has 4 aliphatic rings. The van der Waals surface area contributed by atoms with E-state index in [4.69, 9.17) is 14.2 Å². The van der Waals surface area contributed by atoms with Crippen LogP contribution in [-0.2, 0) is 14.3 Å². The molecule has 2 amide bonds. The van der Waals surface area contributed by atoms with Gasteiger partial charge in [0.05, 0.1) is 24.2 Å². The number of aromatic carboxylic acids is 1.